The molecule has 17 heavy (non-hydrogen) atoms. The lowest BCUT2D eigenvalue weighted by Gasteiger charge is -2.07. The van der Waals surface area contributed by atoms with Gasteiger partial charge in [0, 0.05) is 7.05 Å². The van der Waals surface area contributed by atoms with Crippen LogP contribution in [0.3, 0.4) is 0 Å². The number of aromatic nitrogens is 2. The van der Waals surface area contributed by atoms with Gasteiger partial charge in [0.25, 0.3) is 5.91 Å². The van der Waals surface area contributed by atoms with Gasteiger partial charge in [0.15, 0.2) is 0 Å². The van der Waals surface area contributed by atoms with Crippen molar-refractivity contribution in [2.45, 2.75) is 0 Å². The molecule has 1 amide bonds. The number of amides is 1. The van der Waals surface area contributed by atoms with Crippen molar-refractivity contribution in [3.8, 4) is 0 Å². The van der Waals surface area contributed by atoms with Crippen LogP contribution in [-0.4, -0.2) is 15.7 Å². The molecule has 2 aromatic rings. The van der Waals surface area contributed by atoms with Gasteiger partial charge in [-0.25, -0.2) is 0 Å². The number of nitrogen functional groups attached to an aromatic ring is 1. The normalized spacial score (nSPS) is 10.2. The van der Waals surface area contributed by atoms with Crippen molar-refractivity contribution in [1.29, 1.82) is 0 Å². The van der Waals surface area contributed by atoms with Crippen molar-refractivity contribution in [3.05, 3.63) is 41.2 Å². The zero-order valence-electron chi connectivity index (χ0n) is 9.14. The second-order valence-corrected chi connectivity index (χ2v) is 3.91. The zero-order valence-corrected chi connectivity index (χ0v) is 9.90. The average molecular weight is 251 g/mol. The molecule has 3 N–H and O–H groups in total. The van der Waals surface area contributed by atoms with Crippen molar-refractivity contribution >= 4 is 28.9 Å². The lowest BCUT2D eigenvalue weighted by atomic mass is 10.3. The first-order valence-corrected chi connectivity index (χ1v) is 5.30. The summed E-state index contributed by atoms with van der Waals surface area (Å²) in [6.45, 7) is 0. The van der Waals surface area contributed by atoms with Crippen molar-refractivity contribution in [1.82, 2.24) is 9.78 Å². The molecular formula is C11H11ClN4O. The highest BCUT2D eigenvalue weighted by atomic mass is 35.5. The van der Waals surface area contributed by atoms with Gasteiger partial charge in [0.1, 0.15) is 5.69 Å². The van der Waals surface area contributed by atoms with Crippen molar-refractivity contribution in [2.75, 3.05) is 11.1 Å². The summed E-state index contributed by atoms with van der Waals surface area (Å²) >= 11 is 5.94. The van der Waals surface area contributed by atoms with Crippen LogP contribution in [0.5, 0.6) is 0 Å². The molecule has 1 aromatic heterocycles. The van der Waals surface area contributed by atoms with E-state index in [0.29, 0.717) is 22.1 Å². The number of carbonyl (C=O) groups is 1. The molecule has 1 aromatic carbocycles. The molecule has 88 valence electrons. The van der Waals surface area contributed by atoms with Crippen LogP contribution in [0.15, 0.2) is 30.5 Å². The first-order valence-electron chi connectivity index (χ1n) is 4.93. The Labute approximate surface area is 103 Å². The first kappa shape index (κ1) is 11.5. The number of carbonyl (C=O) groups excluding carboxylic acids is 1. The standard InChI is InChI=1S/C11H11ClN4O/c1-16-10(8(13)6-14-16)11(17)15-9-5-3-2-4-7(9)12/h2-6H,13H2,1H3,(H,15,17). The van der Waals surface area contributed by atoms with Gasteiger partial charge in [0.2, 0.25) is 0 Å². The Hall–Kier alpha value is -2.01. The van der Waals surface area contributed by atoms with Crippen LogP contribution in [0, 0.1) is 0 Å². The quantitative estimate of drug-likeness (QED) is 0.855. The Morgan fingerprint density at radius 3 is 2.76 bits per heavy atom. The smallest absolute Gasteiger partial charge is 0.276 e. The van der Waals surface area contributed by atoms with E-state index in [0.717, 1.165) is 0 Å². The zero-order chi connectivity index (χ0) is 12.4. The van der Waals surface area contributed by atoms with Gasteiger partial charge in [-0.05, 0) is 12.1 Å². The molecule has 0 unspecified atom stereocenters. The fourth-order valence-corrected chi connectivity index (χ4v) is 1.66. The molecule has 0 saturated heterocycles. The minimum Gasteiger partial charge on any atom is -0.396 e. The molecule has 0 saturated carbocycles. The summed E-state index contributed by atoms with van der Waals surface area (Å²) in [7, 11) is 1.65. The number of anilines is 2. The third-order valence-electron chi connectivity index (χ3n) is 2.30. The fourth-order valence-electron chi connectivity index (χ4n) is 1.48. The maximum absolute atomic E-state index is 12.0. The van der Waals surface area contributed by atoms with E-state index in [4.69, 9.17) is 17.3 Å². The van der Waals surface area contributed by atoms with Gasteiger partial charge in [-0.15, -0.1) is 0 Å². The second-order valence-electron chi connectivity index (χ2n) is 3.51. The van der Waals surface area contributed by atoms with E-state index in [9.17, 15) is 4.79 Å². The molecule has 0 spiro atoms. The van der Waals surface area contributed by atoms with E-state index in [1.54, 1.807) is 31.3 Å². The summed E-state index contributed by atoms with van der Waals surface area (Å²) in [5.74, 6) is -0.337. The van der Waals surface area contributed by atoms with Gasteiger partial charge in [-0.3, -0.25) is 9.48 Å². The van der Waals surface area contributed by atoms with E-state index in [2.05, 4.69) is 10.4 Å². The van der Waals surface area contributed by atoms with Crippen molar-refractivity contribution < 1.29 is 4.79 Å². The maximum atomic E-state index is 12.0. The molecule has 1 heterocycles. The lowest BCUT2D eigenvalue weighted by molar-refractivity contribution is 0.101. The van der Waals surface area contributed by atoms with Gasteiger partial charge in [-0.2, -0.15) is 5.10 Å². The predicted molar refractivity (Wildman–Crippen MR) is 67.0 cm³/mol. The summed E-state index contributed by atoms with van der Waals surface area (Å²) in [4.78, 5) is 12.0. The van der Waals surface area contributed by atoms with Gasteiger partial charge in [0.05, 0.1) is 22.6 Å². The largest absolute Gasteiger partial charge is 0.396 e. The van der Waals surface area contributed by atoms with Crippen LogP contribution in [-0.2, 0) is 7.05 Å². The van der Waals surface area contributed by atoms with Gasteiger partial charge in [-0.1, -0.05) is 23.7 Å². The van der Waals surface area contributed by atoms with E-state index in [1.807, 2.05) is 0 Å². The Bertz CT molecular complexity index is 545. The minimum absolute atomic E-state index is 0.310. The number of hydrogen-bond donors (Lipinski definition) is 2. The Morgan fingerprint density at radius 1 is 1.47 bits per heavy atom. The Balaban J connectivity index is 2.27. The molecular weight excluding hydrogens is 240 g/mol. The monoisotopic (exact) mass is 250 g/mol. The van der Waals surface area contributed by atoms with Crippen molar-refractivity contribution in [3.63, 3.8) is 0 Å². The third kappa shape index (κ3) is 2.24. The molecule has 2 rings (SSSR count). The van der Waals surface area contributed by atoms with Gasteiger partial charge < -0.3 is 11.1 Å². The number of nitrogens with zero attached hydrogens (tertiary/aromatic N) is 2. The Morgan fingerprint density at radius 2 is 2.18 bits per heavy atom. The highest BCUT2D eigenvalue weighted by Gasteiger charge is 2.15. The number of nitrogens with two attached hydrogens (primary N) is 1. The SMILES string of the molecule is Cn1ncc(N)c1C(=O)Nc1ccccc1Cl. The predicted octanol–water partition coefficient (Wildman–Crippen LogP) is 1.91. The third-order valence-corrected chi connectivity index (χ3v) is 2.63. The highest BCUT2D eigenvalue weighted by molar-refractivity contribution is 6.33. The van der Waals surface area contributed by atoms with Crippen LogP contribution in [0.25, 0.3) is 0 Å². The number of benzene rings is 1. The van der Waals surface area contributed by atoms with Crippen LogP contribution >= 0.6 is 11.6 Å². The van der Waals surface area contributed by atoms with Crippen LogP contribution in [0.1, 0.15) is 10.5 Å². The fraction of sp³-hybridized carbons (Fsp3) is 0.0909. The average Bonchev–Trinajstić information content (AvgIpc) is 2.62. The molecule has 0 bridgehead atoms. The molecule has 0 radical (unpaired) electrons. The summed E-state index contributed by atoms with van der Waals surface area (Å²) < 4.78 is 1.42. The second kappa shape index (κ2) is 4.47. The maximum Gasteiger partial charge on any atom is 0.276 e. The van der Waals surface area contributed by atoms with E-state index < -0.39 is 0 Å². The molecule has 5 nitrogen and oxygen atoms in total. The molecule has 0 fully saturated rings. The van der Waals surface area contributed by atoms with E-state index in [-0.39, 0.29) is 5.91 Å². The number of aryl methyl sites for hydroxylation is 1. The van der Waals surface area contributed by atoms with E-state index >= 15 is 0 Å². The summed E-state index contributed by atoms with van der Waals surface area (Å²) in [5, 5.41) is 7.06. The van der Waals surface area contributed by atoms with Crippen molar-refractivity contribution in [2.24, 2.45) is 7.05 Å². The van der Waals surface area contributed by atoms with Crippen LogP contribution in [0.4, 0.5) is 11.4 Å². The molecule has 0 aliphatic carbocycles. The number of halogens is 1. The first-order chi connectivity index (χ1) is 8.09. The number of hydrogen-bond acceptors (Lipinski definition) is 3. The number of rotatable bonds is 2. The molecule has 0 aliphatic rings. The highest BCUT2D eigenvalue weighted by Crippen LogP contribution is 2.21. The summed E-state index contributed by atoms with van der Waals surface area (Å²) in [5.41, 5.74) is 6.84. The Kier molecular flexibility index (Phi) is 3.01. The van der Waals surface area contributed by atoms with Crippen LogP contribution < -0.4 is 11.1 Å². The van der Waals surface area contributed by atoms with Gasteiger partial charge >= 0.3 is 0 Å². The van der Waals surface area contributed by atoms with Crippen LogP contribution in [0.2, 0.25) is 5.02 Å². The summed E-state index contributed by atoms with van der Waals surface area (Å²) in [6.07, 6.45) is 1.43. The molecule has 0 atom stereocenters. The number of para-hydroxylation sites is 1. The molecule has 0 aliphatic heterocycles. The van der Waals surface area contributed by atoms with E-state index in [1.165, 1.54) is 10.9 Å². The topological polar surface area (TPSA) is 72.9 Å². The minimum atomic E-state index is -0.337. The molecule has 6 heteroatoms. The lowest BCUT2D eigenvalue weighted by Crippen LogP contribution is -2.17. The number of nitrogens with one attached hydrogen (secondary N) is 1. The summed E-state index contributed by atoms with van der Waals surface area (Å²) in [6, 6.07) is 6.99.